The summed E-state index contributed by atoms with van der Waals surface area (Å²) in [5, 5.41) is 8.92. The molecule has 1 N–H and O–H groups in total. The number of rotatable bonds is 7. The van der Waals surface area contributed by atoms with Crippen molar-refractivity contribution in [2.24, 2.45) is 0 Å². The highest BCUT2D eigenvalue weighted by Crippen LogP contribution is 2.13. The van der Waals surface area contributed by atoms with Crippen LogP contribution >= 0.6 is 0 Å². The molecule has 0 spiro atoms. The molecule has 0 fully saturated rings. The van der Waals surface area contributed by atoms with E-state index in [1.807, 2.05) is 6.92 Å². The highest BCUT2D eigenvalue weighted by molar-refractivity contribution is 5.89. The lowest BCUT2D eigenvalue weighted by Crippen LogP contribution is -2.04. The molecule has 2 aromatic carbocycles. The minimum atomic E-state index is -0.363. The van der Waals surface area contributed by atoms with Crippen molar-refractivity contribution >= 4 is 11.9 Å². The van der Waals surface area contributed by atoms with Gasteiger partial charge in [-0.2, -0.15) is 0 Å². The maximum atomic E-state index is 11.3. The van der Waals surface area contributed by atoms with E-state index >= 15 is 0 Å². The van der Waals surface area contributed by atoms with Crippen LogP contribution in [-0.2, 0) is 9.47 Å². The summed E-state index contributed by atoms with van der Waals surface area (Å²) < 4.78 is 15.0. The summed E-state index contributed by atoms with van der Waals surface area (Å²) in [5.41, 5.74) is 1.94. The molecule has 28 heavy (non-hydrogen) atoms. The number of hydrogen-bond donors (Lipinski definition) is 1. The molecule has 6 nitrogen and oxygen atoms in total. The molecule has 0 aliphatic rings. The van der Waals surface area contributed by atoms with Crippen molar-refractivity contribution in [2.75, 3.05) is 19.8 Å². The fourth-order valence-corrected chi connectivity index (χ4v) is 1.92. The van der Waals surface area contributed by atoms with Gasteiger partial charge in [-0.3, -0.25) is 0 Å². The zero-order valence-electron chi connectivity index (χ0n) is 16.4. The van der Waals surface area contributed by atoms with Gasteiger partial charge in [0.25, 0.3) is 0 Å². The van der Waals surface area contributed by atoms with E-state index in [9.17, 15) is 9.59 Å². The molecule has 0 saturated carbocycles. The van der Waals surface area contributed by atoms with Crippen LogP contribution in [0.5, 0.6) is 11.5 Å². The van der Waals surface area contributed by atoms with Crippen molar-refractivity contribution in [1.82, 2.24) is 0 Å². The number of phenolic OH excluding ortho intramolecular Hbond substituents is 1. The molecule has 6 heteroatoms. The van der Waals surface area contributed by atoms with E-state index in [2.05, 4.69) is 6.58 Å². The van der Waals surface area contributed by atoms with Gasteiger partial charge in [0.15, 0.2) is 0 Å². The van der Waals surface area contributed by atoms with E-state index in [1.165, 1.54) is 24.3 Å². The molecule has 0 amide bonds. The minimum Gasteiger partial charge on any atom is -0.508 e. The molecule has 0 atom stereocenters. The Morgan fingerprint density at radius 2 is 1.29 bits per heavy atom. The van der Waals surface area contributed by atoms with Gasteiger partial charge in [0.05, 0.1) is 24.3 Å². The number of esters is 2. The molecule has 0 bridgehead atoms. The lowest BCUT2D eigenvalue weighted by atomic mass is 10.2. The molecule has 150 valence electrons. The zero-order valence-corrected chi connectivity index (χ0v) is 16.4. The van der Waals surface area contributed by atoms with Crippen LogP contribution in [0.1, 0.15) is 41.5 Å². The van der Waals surface area contributed by atoms with E-state index in [1.54, 1.807) is 38.1 Å². The third-order valence-electron chi connectivity index (χ3n) is 3.23. The summed E-state index contributed by atoms with van der Waals surface area (Å²) in [6.07, 6.45) is 0. The van der Waals surface area contributed by atoms with E-state index in [4.69, 9.17) is 19.3 Å². The van der Waals surface area contributed by atoms with Gasteiger partial charge in [-0.25, -0.2) is 9.59 Å². The van der Waals surface area contributed by atoms with Crippen LogP contribution in [0.4, 0.5) is 0 Å². The van der Waals surface area contributed by atoms with Crippen LogP contribution in [0.25, 0.3) is 0 Å². The van der Waals surface area contributed by atoms with Crippen molar-refractivity contribution < 1.29 is 28.9 Å². The highest BCUT2D eigenvalue weighted by Gasteiger charge is 2.06. The third-order valence-corrected chi connectivity index (χ3v) is 3.23. The Balaban J connectivity index is 0.000000292. The van der Waals surface area contributed by atoms with Gasteiger partial charge >= 0.3 is 11.9 Å². The quantitative estimate of drug-likeness (QED) is 0.561. The molecular formula is C22H26O6. The number of benzene rings is 2. The second-order valence-corrected chi connectivity index (χ2v) is 5.76. The van der Waals surface area contributed by atoms with Crippen molar-refractivity contribution in [3.8, 4) is 11.5 Å². The predicted molar refractivity (Wildman–Crippen MR) is 107 cm³/mol. The van der Waals surface area contributed by atoms with E-state index in [0.717, 1.165) is 11.3 Å². The van der Waals surface area contributed by atoms with Crippen molar-refractivity contribution in [1.29, 1.82) is 0 Å². The molecule has 0 aliphatic heterocycles. The average molecular weight is 386 g/mol. The van der Waals surface area contributed by atoms with Crippen LogP contribution < -0.4 is 4.74 Å². The number of carbonyl (C=O) groups is 2. The van der Waals surface area contributed by atoms with Gasteiger partial charge in [-0.15, -0.1) is 0 Å². The number of phenols is 1. The number of aromatic hydroxyl groups is 1. The van der Waals surface area contributed by atoms with Gasteiger partial charge in [0.1, 0.15) is 18.1 Å². The summed E-state index contributed by atoms with van der Waals surface area (Å²) in [7, 11) is 0. The van der Waals surface area contributed by atoms with E-state index in [0.29, 0.717) is 30.9 Å². The Hall–Kier alpha value is -3.28. The Morgan fingerprint density at radius 1 is 0.857 bits per heavy atom. The SMILES string of the molecule is C=C(C)COc1ccc(C(=O)OCC)cc1.CCOC(=O)c1ccc(O)cc1. The first-order valence-corrected chi connectivity index (χ1v) is 8.87. The smallest absolute Gasteiger partial charge is 0.338 e. The fourth-order valence-electron chi connectivity index (χ4n) is 1.92. The van der Waals surface area contributed by atoms with E-state index < -0.39 is 0 Å². The first-order chi connectivity index (χ1) is 13.4. The molecule has 0 aliphatic carbocycles. The van der Waals surface area contributed by atoms with Crippen LogP contribution in [0, 0.1) is 0 Å². The number of carbonyl (C=O) groups excluding carboxylic acids is 2. The predicted octanol–water partition coefficient (Wildman–Crippen LogP) is 4.39. The molecule has 2 aromatic rings. The van der Waals surface area contributed by atoms with Crippen LogP contribution in [0.15, 0.2) is 60.7 Å². The Kier molecular flexibility index (Phi) is 9.89. The molecular weight excluding hydrogens is 360 g/mol. The molecule has 2 rings (SSSR count). The maximum absolute atomic E-state index is 11.3. The van der Waals surface area contributed by atoms with Crippen molar-refractivity contribution in [3.63, 3.8) is 0 Å². The van der Waals surface area contributed by atoms with Gasteiger partial charge in [-0.05, 0) is 74.9 Å². The lowest BCUT2D eigenvalue weighted by Gasteiger charge is -2.06. The zero-order chi connectivity index (χ0) is 20.9. The van der Waals surface area contributed by atoms with Gasteiger partial charge in [-0.1, -0.05) is 6.58 Å². The van der Waals surface area contributed by atoms with Crippen LogP contribution in [0.2, 0.25) is 0 Å². The summed E-state index contributed by atoms with van der Waals surface area (Å²) in [6.45, 7) is 10.4. The summed E-state index contributed by atoms with van der Waals surface area (Å²) >= 11 is 0. The monoisotopic (exact) mass is 386 g/mol. The highest BCUT2D eigenvalue weighted by atomic mass is 16.5. The lowest BCUT2D eigenvalue weighted by molar-refractivity contribution is 0.0516. The first-order valence-electron chi connectivity index (χ1n) is 8.87. The largest absolute Gasteiger partial charge is 0.508 e. The summed E-state index contributed by atoms with van der Waals surface area (Å²) in [5.74, 6) is 0.186. The minimum absolute atomic E-state index is 0.142. The standard InChI is InChI=1S/C13H16O3.C9H10O3/c1-4-15-13(14)11-5-7-12(8-6-11)16-9-10(2)3;1-2-12-9(11)7-3-5-8(10)6-4-7/h5-8H,2,4,9H2,1,3H3;3-6,10H,2H2,1H3. The summed E-state index contributed by atoms with van der Waals surface area (Å²) in [4.78, 5) is 22.4. The Bertz CT molecular complexity index is 763. The van der Waals surface area contributed by atoms with Gasteiger partial charge < -0.3 is 19.3 Å². The van der Waals surface area contributed by atoms with Gasteiger partial charge in [0, 0.05) is 0 Å². The van der Waals surface area contributed by atoms with Crippen LogP contribution in [0.3, 0.4) is 0 Å². The Morgan fingerprint density at radius 3 is 1.68 bits per heavy atom. The van der Waals surface area contributed by atoms with Gasteiger partial charge in [0.2, 0.25) is 0 Å². The Labute approximate surface area is 165 Å². The maximum Gasteiger partial charge on any atom is 0.338 e. The average Bonchev–Trinajstić information content (AvgIpc) is 2.68. The van der Waals surface area contributed by atoms with Crippen molar-refractivity contribution in [3.05, 3.63) is 71.8 Å². The summed E-state index contributed by atoms with van der Waals surface area (Å²) in [6, 6.07) is 12.8. The molecule has 0 heterocycles. The first kappa shape index (κ1) is 22.8. The molecule has 0 unspecified atom stereocenters. The number of ether oxygens (including phenoxy) is 3. The third kappa shape index (κ3) is 8.40. The fraction of sp³-hybridized carbons (Fsp3) is 0.273. The van der Waals surface area contributed by atoms with Crippen molar-refractivity contribution in [2.45, 2.75) is 20.8 Å². The second-order valence-electron chi connectivity index (χ2n) is 5.76. The van der Waals surface area contributed by atoms with Crippen LogP contribution in [-0.4, -0.2) is 36.9 Å². The normalized spacial score (nSPS) is 9.54. The number of hydrogen-bond acceptors (Lipinski definition) is 6. The molecule has 0 radical (unpaired) electrons. The topological polar surface area (TPSA) is 82.1 Å². The molecule has 0 aromatic heterocycles. The second kappa shape index (κ2) is 12.2. The van der Waals surface area contributed by atoms with E-state index in [-0.39, 0.29) is 17.7 Å². The molecule has 0 saturated heterocycles.